The van der Waals surface area contributed by atoms with Gasteiger partial charge >= 0.3 is 0 Å². The minimum absolute atomic E-state index is 0.111. The number of hydrogen-bond donors (Lipinski definition) is 0. The second kappa shape index (κ2) is 6.74. The van der Waals surface area contributed by atoms with Crippen LogP contribution in [0, 0.1) is 0 Å². The molecule has 0 aliphatic rings. The highest BCUT2D eigenvalue weighted by Gasteiger charge is 2.42. The fourth-order valence-corrected chi connectivity index (χ4v) is 4.30. The van der Waals surface area contributed by atoms with Crippen molar-refractivity contribution in [1.82, 2.24) is 14.8 Å². The lowest BCUT2D eigenvalue weighted by atomic mass is 9.92. The van der Waals surface area contributed by atoms with Crippen LogP contribution in [0.15, 0.2) is 45.9 Å². The molecule has 0 atom stereocenters. The fourth-order valence-electron chi connectivity index (χ4n) is 2.76. The lowest BCUT2D eigenvalue weighted by molar-refractivity contribution is 0.431. The van der Waals surface area contributed by atoms with Gasteiger partial charge in [0.15, 0.2) is 9.84 Å². The number of benzene rings is 1. The summed E-state index contributed by atoms with van der Waals surface area (Å²) < 4.78 is 32.3. The van der Waals surface area contributed by atoms with E-state index in [2.05, 4.69) is 30.9 Å². The fraction of sp³-hybridized carbons (Fsp3) is 0.400. The van der Waals surface area contributed by atoms with Crippen LogP contribution in [0.5, 0.6) is 0 Å². The minimum Gasteiger partial charge on any atom is -0.447 e. The third kappa shape index (κ3) is 3.49. The van der Waals surface area contributed by atoms with E-state index in [1.807, 2.05) is 13.1 Å². The largest absolute Gasteiger partial charge is 0.447 e. The standard InChI is InChI=1S/C20H24ClN3O3S/c1-19(2,3)17-11-16(24(6)23-17)15-12-27-18(22-15)20(4,5)28(25,26)14-9-7-13(21)8-10-14/h7-12H,1-6H3. The molecule has 0 aliphatic carbocycles. The lowest BCUT2D eigenvalue weighted by Crippen LogP contribution is -2.29. The number of aromatic nitrogens is 3. The van der Waals surface area contributed by atoms with Gasteiger partial charge in [-0.3, -0.25) is 4.68 Å². The van der Waals surface area contributed by atoms with Gasteiger partial charge in [-0.25, -0.2) is 13.4 Å². The molecule has 0 aliphatic heterocycles. The summed E-state index contributed by atoms with van der Waals surface area (Å²) in [4.78, 5) is 4.65. The van der Waals surface area contributed by atoms with E-state index in [9.17, 15) is 8.42 Å². The van der Waals surface area contributed by atoms with Gasteiger partial charge in [-0.2, -0.15) is 5.10 Å². The molecule has 6 nitrogen and oxygen atoms in total. The third-order valence-electron chi connectivity index (χ3n) is 4.73. The molecule has 0 bridgehead atoms. The van der Waals surface area contributed by atoms with Crippen LogP contribution in [0.4, 0.5) is 0 Å². The van der Waals surface area contributed by atoms with E-state index in [4.69, 9.17) is 16.0 Å². The van der Waals surface area contributed by atoms with E-state index in [-0.39, 0.29) is 16.2 Å². The van der Waals surface area contributed by atoms with E-state index in [1.54, 1.807) is 30.7 Å². The Morgan fingerprint density at radius 2 is 1.68 bits per heavy atom. The first kappa shape index (κ1) is 20.6. The maximum absolute atomic E-state index is 13.2. The first-order valence-electron chi connectivity index (χ1n) is 8.85. The zero-order valence-corrected chi connectivity index (χ0v) is 18.4. The van der Waals surface area contributed by atoms with Crippen molar-refractivity contribution >= 4 is 21.4 Å². The van der Waals surface area contributed by atoms with E-state index in [0.29, 0.717) is 10.7 Å². The monoisotopic (exact) mass is 421 g/mol. The van der Waals surface area contributed by atoms with Crippen LogP contribution >= 0.6 is 11.6 Å². The Labute approximate surface area is 170 Å². The zero-order valence-electron chi connectivity index (χ0n) is 16.8. The molecule has 1 aromatic carbocycles. The first-order chi connectivity index (χ1) is 12.8. The number of hydrogen-bond acceptors (Lipinski definition) is 5. The van der Waals surface area contributed by atoms with Gasteiger partial charge in [0.05, 0.1) is 16.3 Å². The molecule has 0 N–H and O–H groups in total. The SMILES string of the molecule is Cn1nc(C(C)(C)C)cc1-c1coc(C(C)(C)S(=O)(=O)c2ccc(Cl)cc2)n1. The van der Waals surface area contributed by atoms with Crippen molar-refractivity contribution in [3.63, 3.8) is 0 Å². The summed E-state index contributed by atoms with van der Waals surface area (Å²) in [7, 11) is -1.91. The quantitative estimate of drug-likeness (QED) is 0.608. The van der Waals surface area contributed by atoms with E-state index >= 15 is 0 Å². The molecule has 0 amide bonds. The number of rotatable bonds is 4. The summed E-state index contributed by atoms with van der Waals surface area (Å²) in [5, 5.41) is 5.01. The molecule has 3 rings (SSSR count). The van der Waals surface area contributed by atoms with Crippen LogP contribution < -0.4 is 0 Å². The van der Waals surface area contributed by atoms with Crippen LogP contribution in [-0.4, -0.2) is 23.2 Å². The molecule has 0 saturated carbocycles. The number of nitrogens with zero attached hydrogens (tertiary/aromatic N) is 3. The highest BCUT2D eigenvalue weighted by atomic mass is 35.5. The molecule has 2 heterocycles. The average Bonchev–Trinajstić information content (AvgIpc) is 3.21. The van der Waals surface area contributed by atoms with Crippen LogP contribution in [0.2, 0.25) is 5.02 Å². The van der Waals surface area contributed by atoms with Crippen molar-refractivity contribution < 1.29 is 12.8 Å². The number of sulfone groups is 1. The average molecular weight is 422 g/mol. The summed E-state index contributed by atoms with van der Waals surface area (Å²) in [5.41, 5.74) is 2.11. The second-order valence-corrected chi connectivity index (χ2v) is 11.2. The summed E-state index contributed by atoms with van der Waals surface area (Å²) >= 11 is 5.88. The van der Waals surface area contributed by atoms with Crippen molar-refractivity contribution in [2.45, 2.75) is 49.7 Å². The van der Waals surface area contributed by atoms with Crippen molar-refractivity contribution in [3.05, 3.63) is 53.2 Å². The highest BCUT2D eigenvalue weighted by molar-refractivity contribution is 7.92. The Morgan fingerprint density at radius 1 is 1.07 bits per heavy atom. The molecule has 3 aromatic rings. The van der Waals surface area contributed by atoms with Crippen LogP contribution in [0.25, 0.3) is 11.4 Å². The molecule has 0 unspecified atom stereocenters. The molecule has 0 radical (unpaired) electrons. The van der Waals surface area contributed by atoms with Gasteiger partial charge in [-0.1, -0.05) is 32.4 Å². The zero-order chi connectivity index (χ0) is 20.9. The summed E-state index contributed by atoms with van der Waals surface area (Å²) in [5.74, 6) is 0.121. The predicted octanol–water partition coefficient (Wildman–Crippen LogP) is 4.74. The van der Waals surface area contributed by atoms with Gasteiger partial charge < -0.3 is 4.42 Å². The number of aryl methyl sites for hydroxylation is 1. The van der Waals surface area contributed by atoms with E-state index in [0.717, 1.165) is 11.4 Å². The molecule has 2 aromatic heterocycles. The van der Waals surface area contributed by atoms with Crippen molar-refractivity contribution in [2.75, 3.05) is 0 Å². The third-order valence-corrected chi connectivity index (χ3v) is 7.39. The van der Waals surface area contributed by atoms with Gasteiger partial charge in [0, 0.05) is 17.5 Å². The van der Waals surface area contributed by atoms with E-state index < -0.39 is 14.6 Å². The number of oxazole rings is 1. The van der Waals surface area contributed by atoms with Gasteiger partial charge in [0.25, 0.3) is 0 Å². The molecular weight excluding hydrogens is 398 g/mol. The molecule has 0 saturated heterocycles. The first-order valence-corrected chi connectivity index (χ1v) is 10.7. The van der Waals surface area contributed by atoms with Crippen LogP contribution in [0.3, 0.4) is 0 Å². The minimum atomic E-state index is -3.74. The maximum Gasteiger partial charge on any atom is 0.215 e. The van der Waals surface area contributed by atoms with Gasteiger partial charge in [-0.05, 0) is 44.2 Å². The van der Waals surface area contributed by atoms with Gasteiger partial charge in [0.1, 0.15) is 16.7 Å². The highest BCUT2D eigenvalue weighted by Crippen LogP contribution is 2.36. The van der Waals surface area contributed by atoms with Crippen LogP contribution in [-0.2, 0) is 27.0 Å². The molecule has 0 fully saturated rings. The maximum atomic E-state index is 13.2. The Morgan fingerprint density at radius 3 is 2.21 bits per heavy atom. The van der Waals surface area contributed by atoms with Crippen molar-refractivity contribution in [3.8, 4) is 11.4 Å². The lowest BCUT2D eigenvalue weighted by Gasteiger charge is -2.21. The van der Waals surface area contributed by atoms with Gasteiger partial charge in [-0.15, -0.1) is 0 Å². The Hall–Kier alpha value is -2.12. The van der Waals surface area contributed by atoms with Gasteiger partial charge in [0.2, 0.25) is 5.89 Å². The molecule has 28 heavy (non-hydrogen) atoms. The predicted molar refractivity (Wildman–Crippen MR) is 109 cm³/mol. The van der Waals surface area contributed by atoms with Crippen LogP contribution in [0.1, 0.15) is 46.2 Å². The molecular formula is C20H24ClN3O3S. The summed E-state index contributed by atoms with van der Waals surface area (Å²) in [6.07, 6.45) is 1.47. The second-order valence-electron chi connectivity index (χ2n) is 8.29. The topological polar surface area (TPSA) is 78.0 Å². The van der Waals surface area contributed by atoms with Crippen molar-refractivity contribution in [1.29, 1.82) is 0 Å². The molecule has 8 heteroatoms. The Kier molecular flexibility index (Phi) is 4.96. The molecule has 0 spiro atoms. The normalized spacial score (nSPS) is 13.1. The smallest absolute Gasteiger partial charge is 0.215 e. The molecule has 150 valence electrons. The Balaban J connectivity index is 2.01. The summed E-state index contributed by atoms with van der Waals surface area (Å²) in [6, 6.07) is 8.02. The summed E-state index contributed by atoms with van der Waals surface area (Å²) in [6.45, 7) is 9.40. The number of halogens is 1. The van der Waals surface area contributed by atoms with E-state index in [1.165, 1.54) is 18.4 Å². The van der Waals surface area contributed by atoms with Crippen molar-refractivity contribution in [2.24, 2.45) is 7.05 Å². The Bertz CT molecular complexity index is 1100.